The van der Waals surface area contributed by atoms with Crippen LogP contribution in [-0.2, 0) is 14.8 Å². The summed E-state index contributed by atoms with van der Waals surface area (Å²) in [7, 11) is -3.51. The highest BCUT2D eigenvalue weighted by atomic mass is 32.2. The summed E-state index contributed by atoms with van der Waals surface area (Å²) in [5, 5.41) is 0. The molecule has 2 aliphatic rings. The van der Waals surface area contributed by atoms with Crippen molar-refractivity contribution in [2.24, 2.45) is 10.8 Å². The highest BCUT2D eigenvalue weighted by Gasteiger charge is 2.61. The number of rotatable bonds is 1. The maximum Gasteiger partial charge on any atom is 0.259 e. The molecule has 2 rings (SSSR count). The molecule has 1 aliphatic carbocycles. The van der Waals surface area contributed by atoms with E-state index in [1.165, 1.54) is 0 Å². The zero-order chi connectivity index (χ0) is 14.5. The van der Waals surface area contributed by atoms with Gasteiger partial charge in [0, 0.05) is 5.41 Å². The van der Waals surface area contributed by atoms with E-state index in [2.05, 4.69) is 27.4 Å². The second kappa shape index (κ2) is 4.33. The fourth-order valence-corrected chi connectivity index (χ4v) is 6.40. The Morgan fingerprint density at radius 3 is 2.53 bits per heavy atom. The van der Waals surface area contributed by atoms with E-state index >= 15 is 0 Å². The Morgan fingerprint density at radius 2 is 2.00 bits per heavy atom. The van der Waals surface area contributed by atoms with Gasteiger partial charge in [-0.1, -0.05) is 40.2 Å². The lowest BCUT2D eigenvalue weighted by Gasteiger charge is -2.48. The number of hydrogen-bond acceptors (Lipinski definition) is 3. The summed E-state index contributed by atoms with van der Waals surface area (Å²) in [5.41, 5.74) is -0.454. The molecule has 0 spiro atoms. The van der Waals surface area contributed by atoms with Crippen LogP contribution in [0.15, 0.2) is 12.7 Å². The molecule has 108 valence electrons. The molecule has 5 heteroatoms. The van der Waals surface area contributed by atoms with Crippen LogP contribution in [0, 0.1) is 10.8 Å². The molecule has 2 fully saturated rings. The Hall–Kier alpha value is -0.840. The van der Waals surface area contributed by atoms with Crippen molar-refractivity contribution < 1.29 is 13.2 Å². The molecule has 1 aliphatic heterocycles. The predicted molar refractivity (Wildman–Crippen MR) is 75.0 cm³/mol. The molecule has 19 heavy (non-hydrogen) atoms. The van der Waals surface area contributed by atoms with Crippen molar-refractivity contribution in [3.63, 3.8) is 0 Å². The lowest BCUT2D eigenvalue weighted by molar-refractivity contribution is -0.126. The summed E-state index contributed by atoms with van der Waals surface area (Å²) in [6.07, 6.45) is 4.79. The molecule has 4 nitrogen and oxygen atoms in total. The third-order valence-electron chi connectivity index (χ3n) is 4.90. The molecule has 1 unspecified atom stereocenters. The van der Waals surface area contributed by atoms with E-state index in [1.54, 1.807) is 0 Å². The Balaban J connectivity index is 2.56. The molecule has 0 aromatic carbocycles. The maximum atomic E-state index is 12.4. The standard InChI is InChI=1S/C14H23NO3S/c1-5-12(16)15-11-8-6-7-9-14(11,13(2,3)4)10-19(15,17)18/h5,11H,1,6-10H2,2-4H3/t11?,14-/m1/s1. The van der Waals surface area contributed by atoms with Crippen molar-refractivity contribution in [2.75, 3.05) is 5.75 Å². The maximum absolute atomic E-state index is 12.4. The van der Waals surface area contributed by atoms with Gasteiger partial charge in [-0.05, 0) is 24.3 Å². The van der Waals surface area contributed by atoms with Crippen LogP contribution in [0.5, 0.6) is 0 Å². The van der Waals surface area contributed by atoms with Crippen LogP contribution in [0.1, 0.15) is 46.5 Å². The van der Waals surface area contributed by atoms with Gasteiger partial charge in [-0.15, -0.1) is 0 Å². The summed E-state index contributed by atoms with van der Waals surface area (Å²) in [4.78, 5) is 12.0. The van der Waals surface area contributed by atoms with E-state index in [-0.39, 0.29) is 22.6 Å². The Bertz CT molecular complexity index is 503. The monoisotopic (exact) mass is 285 g/mol. The van der Waals surface area contributed by atoms with Gasteiger partial charge in [0.1, 0.15) is 0 Å². The number of sulfonamides is 1. The lowest BCUT2D eigenvalue weighted by atomic mass is 9.58. The Labute approximate surface area is 115 Å². The number of hydrogen-bond donors (Lipinski definition) is 0. The van der Waals surface area contributed by atoms with E-state index in [1.807, 2.05) is 0 Å². The largest absolute Gasteiger partial charge is 0.269 e. The number of carbonyl (C=O) groups excluding carboxylic acids is 1. The minimum Gasteiger partial charge on any atom is -0.269 e. The highest BCUT2D eigenvalue weighted by Crippen LogP contribution is 2.56. The first-order valence-corrected chi connectivity index (χ1v) is 8.45. The van der Waals surface area contributed by atoms with Gasteiger partial charge in [0.05, 0.1) is 11.8 Å². The molecule has 0 radical (unpaired) electrons. The van der Waals surface area contributed by atoms with Gasteiger partial charge in [-0.25, -0.2) is 12.7 Å². The first kappa shape index (κ1) is 14.6. The Kier molecular flexibility index (Phi) is 3.32. The van der Waals surface area contributed by atoms with Crippen LogP contribution in [0.3, 0.4) is 0 Å². The van der Waals surface area contributed by atoms with Gasteiger partial charge in [0.2, 0.25) is 10.0 Å². The molecule has 1 heterocycles. The smallest absolute Gasteiger partial charge is 0.259 e. The van der Waals surface area contributed by atoms with Crippen molar-refractivity contribution in [3.8, 4) is 0 Å². The lowest BCUT2D eigenvalue weighted by Crippen LogP contribution is -2.51. The summed E-state index contributed by atoms with van der Waals surface area (Å²) in [6.45, 7) is 9.70. The highest BCUT2D eigenvalue weighted by molar-refractivity contribution is 7.90. The summed E-state index contributed by atoms with van der Waals surface area (Å²) in [5.74, 6) is -0.383. The Morgan fingerprint density at radius 1 is 1.37 bits per heavy atom. The fourth-order valence-electron chi connectivity index (χ4n) is 3.79. The van der Waals surface area contributed by atoms with Crippen LogP contribution < -0.4 is 0 Å². The summed E-state index contributed by atoms with van der Waals surface area (Å²) in [6, 6.07) is -0.197. The number of fused-ring (bicyclic) bond motifs is 1. The topological polar surface area (TPSA) is 54.5 Å². The molecular weight excluding hydrogens is 262 g/mol. The zero-order valence-electron chi connectivity index (χ0n) is 12.0. The third kappa shape index (κ3) is 2.02. The van der Waals surface area contributed by atoms with Gasteiger partial charge in [0.15, 0.2) is 0 Å². The van der Waals surface area contributed by atoms with E-state index in [0.29, 0.717) is 0 Å². The fraction of sp³-hybridized carbons (Fsp3) is 0.786. The normalized spacial score (nSPS) is 33.8. The first-order valence-electron chi connectivity index (χ1n) is 6.84. The van der Waals surface area contributed by atoms with Crippen LogP contribution in [0.25, 0.3) is 0 Å². The first-order chi connectivity index (χ1) is 8.66. The van der Waals surface area contributed by atoms with Gasteiger partial charge in [0.25, 0.3) is 5.91 Å². The van der Waals surface area contributed by atoms with Crippen LogP contribution in [0.4, 0.5) is 0 Å². The van der Waals surface area contributed by atoms with Gasteiger partial charge >= 0.3 is 0 Å². The molecule has 1 saturated heterocycles. The van der Waals surface area contributed by atoms with Crippen LogP contribution >= 0.6 is 0 Å². The van der Waals surface area contributed by atoms with Crippen molar-refractivity contribution in [2.45, 2.75) is 52.5 Å². The van der Waals surface area contributed by atoms with Crippen molar-refractivity contribution in [1.29, 1.82) is 0 Å². The molecule has 0 bridgehead atoms. The van der Waals surface area contributed by atoms with Gasteiger partial charge in [-0.3, -0.25) is 4.79 Å². The minimum absolute atomic E-state index is 0.0910. The molecule has 1 amide bonds. The van der Waals surface area contributed by atoms with Crippen molar-refractivity contribution in [3.05, 3.63) is 12.7 Å². The average molecular weight is 285 g/mol. The second-order valence-corrected chi connectivity index (χ2v) is 8.61. The molecule has 1 saturated carbocycles. The van der Waals surface area contributed by atoms with Gasteiger partial charge in [-0.2, -0.15) is 0 Å². The van der Waals surface area contributed by atoms with Crippen LogP contribution in [-0.4, -0.2) is 30.4 Å². The van der Waals surface area contributed by atoms with Crippen molar-refractivity contribution in [1.82, 2.24) is 4.31 Å². The summed E-state index contributed by atoms with van der Waals surface area (Å²) >= 11 is 0. The number of amides is 1. The molecule has 0 aromatic heterocycles. The number of nitrogens with zero attached hydrogens (tertiary/aromatic N) is 1. The van der Waals surface area contributed by atoms with E-state index in [9.17, 15) is 13.2 Å². The minimum atomic E-state index is -3.51. The van der Waals surface area contributed by atoms with E-state index < -0.39 is 15.9 Å². The molecule has 0 N–H and O–H groups in total. The van der Waals surface area contributed by atoms with Crippen molar-refractivity contribution >= 4 is 15.9 Å². The predicted octanol–water partition coefficient (Wildman–Crippen LogP) is 2.32. The SMILES string of the molecule is C=CC(=O)N1C2CCCC[C@@]2(C(C)(C)C)CS1(=O)=O. The summed E-state index contributed by atoms with van der Waals surface area (Å²) < 4.78 is 26.0. The third-order valence-corrected chi connectivity index (χ3v) is 6.81. The quantitative estimate of drug-likeness (QED) is 0.695. The molecule has 2 atom stereocenters. The molecule has 0 aromatic rings. The van der Waals surface area contributed by atoms with E-state index in [4.69, 9.17) is 0 Å². The zero-order valence-corrected chi connectivity index (χ0v) is 12.8. The number of carbonyl (C=O) groups is 1. The van der Waals surface area contributed by atoms with Crippen LogP contribution in [0.2, 0.25) is 0 Å². The van der Waals surface area contributed by atoms with E-state index in [0.717, 1.165) is 36.1 Å². The second-order valence-electron chi connectivity index (χ2n) is 6.76. The van der Waals surface area contributed by atoms with Gasteiger partial charge < -0.3 is 0 Å². The average Bonchev–Trinajstić information content (AvgIpc) is 2.54. The molecular formula is C14H23NO3S.